The maximum Gasteiger partial charge on any atom is 0.189 e. The summed E-state index contributed by atoms with van der Waals surface area (Å²) in [4.78, 5) is 12.5. The van der Waals surface area contributed by atoms with Crippen LogP contribution in [0.3, 0.4) is 0 Å². The van der Waals surface area contributed by atoms with Crippen molar-refractivity contribution >= 4 is 11.9 Å². The molecule has 0 heterocycles. The van der Waals surface area contributed by atoms with Gasteiger partial charge in [-0.3, -0.25) is 4.79 Å². The molecule has 0 aliphatic heterocycles. The molecule has 0 spiro atoms. The lowest BCUT2D eigenvalue weighted by atomic mass is 9.99. The molecule has 0 saturated heterocycles. The molecule has 31 heavy (non-hydrogen) atoms. The van der Waals surface area contributed by atoms with Crippen molar-refractivity contribution in [2.24, 2.45) is 0 Å². The third kappa shape index (κ3) is 6.49. The molecule has 164 valence electrons. The summed E-state index contributed by atoms with van der Waals surface area (Å²) in [6.45, 7) is 7.38. The van der Waals surface area contributed by atoms with Gasteiger partial charge < -0.3 is 25.5 Å². The molecule has 6 nitrogen and oxygen atoms in total. The van der Waals surface area contributed by atoms with Crippen LogP contribution in [0.15, 0.2) is 60.2 Å². The summed E-state index contributed by atoms with van der Waals surface area (Å²) in [5.74, 6) is -1.46. The van der Waals surface area contributed by atoms with E-state index in [0.29, 0.717) is 24.0 Å². The van der Waals surface area contributed by atoms with Crippen molar-refractivity contribution < 1.29 is 30.3 Å². The topological polar surface area (TPSA) is 118 Å². The van der Waals surface area contributed by atoms with Crippen LogP contribution in [0, 0.1) is 0 Å². The van der Waals surface area contributed by atoms with E-state index in [9.17, 15) is 30.3 Å². The van der Waals surface area contributed by atoms with Crippen molar-refractivity contribution in [1.29, 1.82) is 0 Å². The van der Waals surface area contributed by atoms with Crippen molar-refractivity contribution in [2.45, 2.75) is 39.2 Å². The fraction of sp³-hybridized carbons (Fsp3) is 0.240. The van der Waals surface area contributed by atoms with Crippen molar-refractivity contribution in [3.8, 4) is 23.0 Å². The molecule has 0 aliphatic rings. The Labute approximate surface area is 181 Å². The molecule has 0 saturated carbocycles. The summed E-state index contributed by atoms with van der Waals surface area (Å²) in [7, 11) is 0. The van der Waals surface area contributed by atoms with Crippen LogP contribution in [0.2, 0.25) is 0 Å². The van der Waals surface area contributed by atoms with Gasteiger partial charge in [0.1, 0.15) is 11.5 Å². The quantitative estimate of drug-likeness (QED) is 0.174. The molecular weight excluding hydrogens is 396 g/mol. The number of carbonyl (C=O) groups is 1. The number of allylic oxidation sites excluding steroid dienone is 3. The first-order chi connectivity index (χ1) is 14.6. The first-order valence-electron chi connectivity index (χ1n) is 9.87. The average molecular weight is 424 g/mol. The Morgan fingerprint density at radius 2 is 1.71 bits per heavy atom. The standard InChI is InChI=1S/C25H28O6/c1-15(2)20(26)10-5-16(3)4-8-18-22(28)13-9-19(25(18)31)21(27)11-6-17-7-12-23(29)24(30)14-17/h4,6-7,9,11-14,20,26,28-31H,1,5,8,10H2,2-3H3. The van der Waals surface area contributed by atoms with E-state index >= 15 is 0 Å². The van der Waals surface area contributed by atoms with Crippen LogP contribution in [0.1, 0.15) is 48.2 Å². The van der Waals surface area contributed by atoms with Gasteiger partial charge in [0.2, 0.25) is 0 Å². The van der Waals surface area contributed by atoms with Gasteiger partial charge in [-0.05, 0) is 69.0 Å². The van der Waals surface area contributed by atoms with Crippen LogP contribution >= 0.6 is 0 Å². The van der Waals surface area contributed by atoms with E-state index in [1.165, 1.54) is 42.5 Å². The van der Waals surface area contributed by atoms with Crippen molar-refractivity contribution in [1.82, 2.24) is 0 Å². The molecule has 0 aromatic heterocycles. The lowest BCUT2D eigenvalue weighted by molar-refractivity contribution is 0.104. The van der Waals surface area contributed by atoms with E-state index < -0.39 is 11.9 Å². The Bertz CT molecular complexity index is 1030. The molecule has 1 unspecified atom stereocenters. The predicted molar refractivity (Wildman–Crippen MR) is 120 cm³/mol. The van der Waals surface area contributed by atoms with Crippen molar-refractivity contribution in [2.75, 3.05) is 0 Å². The highest BCUT2D eigenvalue weighted by Gasteiger charge is 2.16. The molecule has 0 amide bonds. The summed E-state index contributed by atoms with van der Waals surface area (Å²) in [5.41, 5.74) is 2.45. The third-order valence-electron chi connectivity index (χ3n) is 4.99. The van der Waals surface area contributed by atoms with E-state index in [2.05, 4.69) is 6.58 Å². The number of aliphatic hydroxyl groups excluding tert-OH is 1. The minimum absolute atomic E-state index is 0.0378. The van der Waals surface area contributed by atoms with E-state index in [1.54, 1.807) is 6.92 Å². The van der Waals surface area contributed by atoms with E-state index in [4.69, 9.17) is 0 Å². The lowest BCUT2D eigenvalue weighted by Crippen LogP contribution is -2.06. The van der Waals surface area contributed by atoms with Crippen LogP contribution in [-0.4, -0.2) is 37.4 Å². The zero-order valence-corrected chi connectivity index (χ0v) is 17.7. The fourth-order valence-electron chi connectivity index (χ4n) is 2.92. The van der Waals surface area contributed by atoms with Gasteiger partial charge >= 0.3 is 0 Å². The maximum absolute atomic E-state index is 12.5. The SMILES string of the molecule is C=C(C)C(O)CCC(C)=CCc1c(O)ccc(C(=O)C=Cc2ccc(O)c(O)c2)c1O. The largest absolute Gasteiger partial charge is 0.508 e. The van der Waals surface area contributed by atoms with E-state index in [-0.39, 0.29) is 40.5 Å². The molecule has 2 aromatic rings. The summed E-state index contributed by atoms with van der Waals surface area (Å²) in [5, 5.41) is 49.4. The van der Waals surface area contributed by atoms with Crippen LogP contribution in [-0.2, 0) is 6.42 Å². The summed E-state index contributed by atoms with van der Waals surface area (Å²) in [6, 6.07) is 6.84. The smallest absolute Gasteiger partial charge is 0.189 e. The van der Waals surface area contributed by atoms with Gasteiger partial charge in [0, 0.05) is 5.56 Å². The third-order valence-corrected chi connectivity index (χ3v) is 4.99. The number of phenols is 4. The molecule has 0 aliphatic carbocycles. The zero-order chi connectivity index (χ0) is 23.1. The van der Waals surface area contributed by atoms with Crippen LogP contribution in [0.5, 0.6) is 23.0 Å². The zero-order valence-electron chi connectivity index (χ0n) is 17.7. The van der Waals surface area contributed by atoms with Crippen molar-refractivity contribution in [3.63, 3.8) is 0 Å². The van der Waals surface area contributed by atoms with Crippen molar-refractivity contribution in [3.05, 3.63) is 76.9 Å². The number of aliphatic hydroxyl groups is 1. The molecule has 2 rings (SSSR count). The van der Waals surface area contributed by atoms with Crippen LogP contribution in [0.25, 0.3) is 6.08 Å². The highest BCUT2D eigenvalue weighted by Crippen LogP contribution is 2.32. The molecule has 1 atom stereocenters. The van der Waals surface area contributed by atoms with Gasteiger partial charge in [-0.25, -0.2) is 0 Å². The van der Waals surface area contributed by atoms with E-state index in [1.807, 2.05) is 13.0 Å². The highest BCUT2D eigenvalue weighted by atomic mass is 16.3. The normalized spacial score (nSPS) is 12.8. The Kier molecular flexibility index (Phi) is 8.05. The Hall–Kier alpha value is -3.51. The molecule has 0 radical (unpaired) electrons. The molecule has 0 fully saturated rings. The minimum atomic E-state index is -0.576. The van der Waals surface area contributed by atoms with Crippen LogP contribution < -0.4 is 0 Å². The monoisotopic (exact) mass is 424 g/mol. The molecular formula is C25H28O6. The number of carbonyl (C=O) groups excluding carboxylic acids is 1. The molecule has 5 N–H and O–H groups in total. The number of phenolic OH excluding ortho intramolecular Hbond substituents is 4. The number of benzene rings is 2. The second-order valence-electron chi connectivity index (χ2n) is 7.56. The van der Waals surface area contributed by atoms with Crippen LogP contribution in [0.4, 0.5) is 0 Å². The molecule has 2 aromatic carbocycles. The Balaban J connectivity index is 2.16. The summed E-state index contributed by atoms with van der Waals surface area (Å²) < 4.78 is 0. The molecule has 6 heteroatoms. The average Bonchev–Trinajstić information content (AvgIpc) is 2.72. The van der Waals surface area contributed by atoms with Gasteiger partial charge in [-0.2, -0.15) is 0 Å². The van der Waals surface area contributed by atoms with Gasteiger partial charge in [0.15, 0.2) is 17.3 Å². The Morgan fingerprint density at radius 3 is 2.35 bits per heavy atom. The summed E-state index contributed by atoms with van der Waals surface area (Å²) in [6.07, 6.45) is 5.34. The first-order valence-corrected chi connectivity index (χ1v) is 9.87. The minimum Gasteiger partial charge on any atom is -0.508 e. The summed E-state index contributed by atoms with van der Waals surface area (Å²) >= 11 is 0. The van der Waals surface area contributed by atoms with E-state index in [0.717, 1.165) is 5.57 Å². The number of ketones is 1. The first kappa shape index (κ1) is 23.8. The van der Waals surface area contributed by atoms with Gasteiger partial charge in [-0.15, -0.1) is 0 Å². The Morgan fingerprint density at radius 1 is 1.03 bits per heavy atom. The number of rotatable bonds is 9. The van der Waals surface area contributed by atoms with Gasteiger partial charge in [0.25, 0.3) is 0 Å². The second kappa shape index (κ2) is 10.5. The fourth-order valence-corrected chi connectivity index (χ4v) is 2.92. The predicted octanol–water partition coefficient (Wildman–Crippen LogP) is 4.61. The number of aromatic hydroxyl groups is 4. The maximum atomic E-state index is 12.5. The second-order valence-corrected chi connectivity index (χ2v) is 7.56. The lowest BCUT2D eigenvalue weighted by Gasteiger charge is -2.11. The van der Waals surface area contributed by atoms with Gasteiger partial charge in [0.05, 0.1) is 11.7 Å². The highest BCUT2D eigenvalue weighted by molar-refractivity contribution is 6.09. The van der Waals surface area contributed by atoms with Gasteiger partial charge in [-0.1, -0.05) is 35.9 Å². The number of hydrogen-bond donors (Lipinski definition) is 5. The number of hydrogen-bond acceptors (Lipinski definition) is 6. The molecule has 0 bridgehead atoms.